The maximum absolute atomic E-state index is 11.3. The van der Waals surface area contributed by atoms with Crippen molar-refractivity contribution in [2.75, 3.05) is 5.73 Å². The standard InChI is InChI=1S/C8H11N3O2/c1-4-2-5(4)11-6(9)3-7(12)10-8(11)13/h3-5H,2,9H2,1H3,(H,10,12,13). The number of rotatable bonds is 1. The number of aromatic nitrogens is 2. The van der Waals surface area contributed by atoms with E-state index in [-0.39, 0.29) is 11.9 Å². The van der Waals surface area contributed by atoms with Crippen LogP contribution in [-0.4, -0.2) is 9.55 Å². The van der Waals surface area contributed by atoms with E-state index in [4.69, 9.17) is 5.73 Å². The lowest BCUT2D eigenvalue weighted by Gasteiger charge is -2.05. The molecule has 0 amide bonds. The van der Waals surface area contributed by atoms with Gasteiger partial charge in [-0.15, -0.1) is 0 Å². The van der Waals surface area contributed by atoms with E-state index in [1.54, 1.807) is 0 Å². The van der Waals surface area contributed by atoms with Crippen LogP contribution < -0.4 is 17.0 Å². The van der Waals surface area contributed by atoms with Gasteiger partial charge >= 0.3 is 5.69 Å². The smallest absolute Gasteiger partial charge is 0.330 e. The summed E-state index contributed by atoms with van der Waals surface area (Å²) >= 11 is 0. The molecule has 2 rings (SSSR count). The lowest BCUT2D eigenvalue weighted by Crippen LogP contribution is -2.31. The van der Waals surface area contributed by atoms with Gasteiger partial charge in [0.25, 0.3) is 5.56 Å². The minimum Gasteiger partial charge on any atom is -0.385 e. The predicted molar refractivity (Wildman–Crippen MR) is 48.6 cm³/mol. The molecule has 1 aliphatic carbocycles. The first-order valence-electron chi connectivity index (χ1n) is 4.21. The molecular formula is C8H11N3O2. The SMILES string of the molecule is CC1CC1n1c(N)cc(=O)[nH]c1=O. The fourth-order valence-corrected chi connectivity index (χ4v) is 1.53. The molecule has 13 heavy (non-hydrogen) atoms. The number of H-pyrrole nitrogens is 1. The molecule has 0 radical (unpaired) electrons. The van der Waals surface area contributed by atoms with Crippen LogP contribution in [0.3, 0.4) is 0 Å². The van der Waals surface area contributed by atoms with E-state index in [0.29, 0.717) is 5.92 Å². The number of anilines is 1. The maximum Gasteiger partial charge on any atom is 0.330 e. The summed E-state index contributed by atoms with van der Waals surface area (Å²) in [4.78, 5) is 24.3. The second-order valence-corrected chi connectivity index (χ2v) is 3.51. The fraction of sp³-hybridized carbons (Fsp3) is 0.500. The average Bonchev–Trinajstić information content (AvgIpc) is 2.64. The summed E-state index contributed by atoms with van der Waals surface area (Å²) in [6.45, 7) is 2.04. The Labute approximate surface area is 74.2 Å². The molecule has 1 aromatic heterocycles. The molecule has 1 saturated carbocycles. The first-order valence-corrected chi connectivity index (χ1v) is 4.21. The monoisotopic (exact) mass is 181 g/mol. The summed E-state index contributed by atoms with van der Waals surface area (Å²) < 4.78 is 1.45. The zero-order valence-corrected chi connectivity index (χ0v) is 7.28. The highest BCUT2D eigenvalue weighted by atomic mass is 16.2. The topological polar surface area (TPSA) is 80.9 Å². The molecule has 1 fully saturated rings. The maximum atomic E-state index is 11.3. The van der Waals surface area contributed by atoms with Crippen LogP contribution in [0.1, 0.15) is 19.4 Å². The molecule has 1 heterocycles. The summed E-state index contributed by atoms with van der Waals surface area (Å²) in [6, 6.07) is 1.41. The Balaban J connectivity index is 2.57. The van der Waals surface area contributed by atoms with Gasteiger partial charge in [-0.25, -0.2) is 4.79 Å². The Morgan fingerprint density at radius 1 is 1.62 bits per heavy atom. The van der Waals surface area contributed by atoms with E-state index in [0.717, 1.165) is 6.42 Å². The Hall–Kier alpha value is -1.52. The highest BCUT2D eigenvalue weighted by Gasteiger charge is 2.36. The fourth-order valence-electron chi connectivity index (χ4n) is 1.53. The van der Waals surface area contributed by atoms with Gasteiger partial charge in [0.2, 0.25) is 0 Å². The van der Waals surface area contributed by atoms with Crippen LogP contribution in [0.15, 0.2) is 15.7 Å². The summed E-state index contributed by atoms with van der Waals surface area (Å²) in [5.74, 6) is 0.731. The number of hydrogen-bond acceptors (Lipinski definition) is 3. The lowest BCUT2D eigenvalue weighted by molar-refractivity contribution is 0.645. The quantitative estimate of drug-likeness (QED) is 0.624. The van der Waals surface area contributed by atoms with Gasteiger partial charge in [-0.05, 0) is 12.3 Å². The van der Waals surface area contributed by atoms with Crippen molar-refractivity contribution in [3.63, 3.8) is 0 Å². The minimum atomic E-state index is -0.438. The molecule has 0 spiro atoms. The van der Waals surface area contributed by atoms with Crippen LogP contribution in [0, 0.1) is 5.92 Å². The summed E-state index contributed by atoms with van der Waals surface area (Å²) in [7, 11) is 0. The zero-order chi connectivity index (χ0) is 9.59. The van der Waals surface area contributed by atoms with Crippen molar-refractivity contribution in [2.45, 2.75) is 19.4 Å². The molecule has 70 valence electrons. The van der Waals surface area contributed by atoms with Crippen molar-refractivity contribution in [3.05, 3.63) is 26.9 Å². The lowest BCUT2D eigenvalue weighted by atomic mass is 10.4. The summed E-state index contributed by atoms with van der Waals surface area (Å²) in [5, 5.41) is 0. The van der Waals surface area contributed by atoms with E-state index in [2.05, 4.69) is 4.98 Å². The van der Waals surface area contributed by atoms with Gasteiger partial charge in [0.05, 0.1) is 0 Å². The highest BCUT2D eigenvalue weighted by molar-refractivity contribution is 5.28. The Morgan fingerprint density at radius 2 is 2.23 bits per heavy atom. The van der Waals surface area contributed by atoms with E-state index >= 15 is 0 Å². The Kier molecular flexibility index (Phi) is 1.55. The van der Waals surface area contributed by atoms with Gasteiger partial charge in [0.15, 0.2) is 0 Å². The number of nitrogen functional groups attached to an aromatic ring is 1. The molecule has 1 aromatic rings. The molecule has 2 unspecified atom stereocenters. The van der Waals surface area contributed by atoms with E-state index in [1.807, 2.05) is 6.92 Å². The van der Waals surface area contributed by atoms with Crippen LogP contribution in [0.2, 0.25) is 0 Å². The minimum absolute atomic E-state index is 0.171. The van der Waals surface area contributed by atoms with Crippen molar-refractivity contribution in [2.24, 2.45) is 5.92 Å². The number of nitrogens with zero attached hydrogens (tertiary/aromatic N) is 1. The average molecular weight is 181 g/mol. The van der Waals surface area contributed by atoms with Gasteiger partial charge in [0, 0.05) is 12.1 Å². The van der Waals surface area contributed by atoms with Gasteiger partial charge < -0.3 is 5.73 Å². The molecule has 5 nitrogen and oxygen atoms in total. The molecule has 2 atom stereocenters. The second-order valence-electron chi connectivity index (χ2n) is 3.51. The Bertz CT molecular complexity index is 445. The number of aromatic amines is 1. The van der Waals surface area contributed by atoms with E-state index in [1.165, 1.54) is 10.6 Å². The normalized spacial score (nSPS) is 25.9. The first-order chi connectivity index (χ1) is 6.09. The van der Waals surface area contributed by atoms with Crippen molar-refractivity contribution in [1.82, 2.24) is 9.55 Å². The molecule has 0 aliphatic heterocycles. The molecular weight excluding hydrogens is 170 g/mol. The largest absolute Gasteiger partial charge is 0.385 e. The Morgan fingerprint density at radius 3 is 2.69 bits per heavy atom. The number of hydrogen-bond donors (Lipinski definition) is 2. The zero-order valence-electron chi connectivity index (χ0n) is 7.28. The van der Waals surface area contributed by atoms with Crippen molar-refractivity contribution in [3.8, 4) is 0 Å². The van der Waals surface area contributed by atoms with Crippen molar-refractivity contribution >= 4 is 5.82 Å². The highest BCUT2D eigenvalue weighted by Crippen LogP contribution is 2.42. The van der Waals surface area contributed by atoms with Crippen LogP contribution in [-0.2, 0) is 0 Å². The molecule has 0 aromatic carbocycles. The van der Waals surface area contributed by atoms with Crippen LogP contribution in [0.25, 0.3) is 0 Å². The van der Waals surface area contributed by atoms with Gasteiger partial charge in [-0.2, -0.15) is 0 Å². The van der Waals surface area contributed by atoms with E-state index < -0.39 is 11.2 Å². The van der Waals surface area contributed by atoms with Crippen molar-refractivity contribution in [1.29, 1.82) is 0 Å². The van der Waals surface area contributed by atoms with Gasteiger partial charge in [-0.1, -0.05) is 6.92 Å². The van der Waals surface area contributed by atoms with Crippen LogP contribution in [0.4, 0.5) is 5.82 Å². The number of nitrogens with two attached hydrogens (primary N) is 1. The third kappa shape index (κ3) is 1.26. The van der Waals surface area contributed by atoms with Crippen LogP contribution in [0.5, 0.6) is 0 Å². The van der Waals surface area contributed by atoms with E-state index in [9.17, 15) is 9.59 Å². The molecule has 5 heteroatoms. The second kappa shape index (κ2) is 2.48. The summed E-state index contributed by atoms with van der Waals surface area (Å²) in [5.41, 5.74) is 4.73. The van der Waals surface area contributed by atoms with Crippen LogP contribution >= 0.6 is 0 Å². The van der Waals surface area contributed by atoms with Gasteiger partial charge in [0.1, 0.15) is 5.82 Å². The van der Waals surface area contributed by atoms with Crippen molar-refractivity contribution < 1.29 is 0 Å². The predicted octanol–water partition coefficient (Wildman–Crippen LogP) is -0.300. The third-order valence-electron chi connectivity index (χ3n) is 2.40. The summed E-state index contributed by atoms with van der Waals surface area (Å²) in [6.07, 6.45) is 0.955. The molecule has 3 N–H and O–H groups in total. The number of nitrogens with one attached hydrogen (secondary N) is 1. The first kappa shape index (κ1) is 8.10. The van der Waals surface area contributed by atoms with Gasteiger partial charge in [-0.3, -0.25) is 14.3 Å². The molecule has 1 aliphatic rings. The third-order valence-corrected chi connectivity index (χ3v) is 2.40. The molecule has 0 saturated heterocycles. The molecule has 0 bridgehead atoms.